The van der Waals surface area contributed by atoms with Crippen molar-refractivity contribution in [1.29, 1.82) is 0 Å². The van der Waals surface area contributed by atoms with Crippen LogP contribution in [0.1, 0.15) is 38.3 Å². The second kappa shape index (κ2) is 6.16. The highest BCUT2D eigenvalue weighted by atomic mass is 16.4. The number of carbonyl (C=O) groups is 1. The lowest BCUT2D eigenvalue weighted by Crippen LogP contribution is -2.51. The topological polar surface area (TPSA) is 84.4 Å². The second-order valence-corrected chi connectivity index (χ2v) is 7.13. The van der Waals surface area contributed by atoms with Gasteiger partial charge in [0, 0.05) is 38.3 Å². The Morgan fingerprint density at radius 2 is 2.04 bits per heavy atom. The fourth-order valence-electron chi connectivity index (χ4n) is 3.65. The zero-order valence-corrected chi connectivity index (χ0v) is 14.9. The first-order valence-corrected chi connectivity index (χ1v) is 8.88. The number of hydrogen-bond acceptors (Lipinski definition) is 5. The fraction of sp³-hybridized carbons (Fsp3) is 0.421. The van der Waals surface area contributed by atoms with Crippen LogP contribution in [0.2, 0.25) is 0 Å². The Balaban J connectivity index is 1.62. The number of aromatic nitrogens is 3. The minimum atomic E-state index is -1.01. The van der Waals surface area contributed by atoms with Gasteiger partial charge in [0.05, 0.1) is 17.3 Å². The van der Waals surface area contributed by atoms with Crippen molar-refractivity contribution in [3.63, 3.8) is 0 Å². The summed E-state index contributed by atoms with van der Waals surface area (Å²) in [5.74, 6) is 0.286. The lowest BCUT2D eigenvalue weighted by molar-refractivity contribution is -0.149. The Hall–Kier alpha value is -2.83. The zero-order valence-electron chi connectivity index (χ0n) is 14.9. The fourth-order valence-corrected chi connectivity index (χ4v) is 3.65. The van der Waals surface area contributed by atoms with E-state index >= 15 is 0 Å². The van der Waals surface area contributed by atoms with Crippen LogP contribution in [0.4, 0.5) is 5.82 Å². The van der Waals surface area contributed by atoms with Crippen molar-refractivity contribution < 1.29 is 14.3 Å². The van der Waals surface area contributed by atoms with Gasteiger partial charge in [0.2, 0.25) is 0 Å². The molecule has 0 aliphatic carbocycles. The summed E-state index contributed by atoms with van der Waals surface area (Å²) in [4.78, 5) is 18.8. The minimum absolute atomic E-state index is 0.269. The number of anilines is 1. The van der Waals surface area contributed by atoms with Crippen LogP contribution in [0, 0.1) is 0 Å². The molecule has 0 amide bonds. The van der Waals surface area contributed by atoms with Crippen molar-refractivity contribution in [3.05, 3.63) is 42.5 Å². The van der Waals surface area contributed by atoms with E-state index in [2.05, 4.69) is 28.8 Å². The largest absolute Gasteiger partial charge is 0.479 e. The summed E-state index contributed by atoms with van der Waals surface area (Å²) in [5.41, 5.74) is 0.699. The van der Waals surface area contributed by atoms with E-state index in [-0.39, 0.29) is 5.92 Å². The molecule has 1 aliphatic heterocycles. The van der Waals surface area contributed by atoms with E-state index in [1.165, 1.54) is 0 Å². The van der Waals surface area contributed by atoms with Crippen molar-refractivity contribution in [3.8, 4) is 0 Å². The number of fused-ring (bicyclic) bond motifs is 1. The maximum atomic E-state index is 12.2. The van der Waals surface area contributed by atoms with Crippen LogP contribution < -0.4 is 4.90 Å². The van der Waals surface area contributed by atoms with Crippen LogP contribution in [0.15, 0.2) is 41.3 Å². The van der Waals surface area contributed by atoms with Gasteiger partial charge in [-0.1, -0.05) is 13.8 Å². The van der Waals surface area contributed by atoms with Crippen LogP contribution in [0.3, 0.4) is 0 Å². The van der Waals surface area contributed by atoms with Gasteiger partial charge in [-0.05, 0) is 24.1 Å². The smallest absolute Gasteiger partial charge is 0.331 e. The molecule has 4 rings (SSSR count). The van der Waals surface area contributed by atoms with Crippen LogP contribution in [0.25, 0.3) is 11.0 Å². The standard InChI is InChI=1S/C19H22N4O3/c1-13(2)15-4-9-23(21-15)19(18(24)25)6-10-22(11-7-19)17-14-5-12-26-16(14)3-8-20-17/h3-5,8-9,12-13H,6-7,10-11H2,1-2H3,(H,24,25). The van der Waals surface area contributed by atoms with E-state index in [1.54, 1.807) is 23.3 Å². The third-order valence-electron chi connectivity index (χ3n) is 5.29. The van der Waals surface area contributed by atoms with Gasteiger partial charge in [-0.15, -0.1) is 0 Å². The van der Waals surface area contributed by atoms with E-state index in [1.807, 2.05) is 18.2 Å². The van der Waals surface area contributed by atoms with Gasteiger partial charge in [-0.3, -0.25) is 4.68 Å². The molecule has 1 saturated heterocycles. The quantitative estimate of drug-likeness (QED) is 0.774. The first-order valence-electron chi connectivity index (χ1n) is 8.88. The van der Waals surface area contributed by atoms with Crippen LogP contribution in [-0.2, 0) is 10.3 Å². The number of hydrogen-bond donors (Lipinski definition) is 1. The first kappa shape index (κ1) is 16.6. The summed E-state index contributed by atoms with van der Waals surface area (Å²) >= 11 is 0. The van der Waals surface area contributed by atoms with E-state index in [0.29, 0.717) is 25.9 Å². The number of nitrogens with zero attached hydrogens (tertiary/aromatic N) is 4. The van der Waals surface area contributed by atoms with Gasteiger partial charge in [0.25, 0.3) is 0 Å². The molecule has 0 radical (unpaired) electrons. The van der Waals surface area contributed by atoms with Gasteiger partial charge in [0.1, 0.15) is 11.4 Å². The first-order chi connectivity index (χ1) is 12.5. The molecule has 1 fully saturated rings. The normalized spacial score (nSPS) is 17.1. The van der Waals surface area contributed by atoms with Gasteiger partial charge in [0.15, 0.2) is 5.54 Å². The van der Waals surface area contributed by atoms with E-state index < -0.39 is 11.5 Å². The SMILES string of the molecule is CC(C)c1ccn(C2(C(=O)O)CCN(c3nccc4occc34)CC2)n1. The summed E-state index contributed by atoms with van der Waals surface area (Å²) in [6.07, 6.45) is 6.12. The molecule has 7 heteroatoms. The molecule has 7 nitrogen and oxygen atoms in total. The summed E-state index contributed by atoms with van der Waals surface area (Å²) < 4.78 is 7.09. The highest BCUT2D eigenvalue weighted by Gasteiger charge is 2.44. The maximum Gasteiger partial charge on any atom is 0.331 e. The molecule has 26 heavy (non-hydrogen) atoms. The molecule has 3 aromatic rings. The average Bonchev–Trinajstić information content (AvgIpc) is 3.31. The van der Waals surface area contributed by atoms with Gasteiger partial charge >= 0.3 is 5.97 Å². The number of rotatable bonds is 4. The van der Waals surface area contributed by atoms with Gasteiger partial charge < -0.3 is 14.4 Å². The lowest BCUT2D eigenvalue weighted by Gasteiger charge is -2.39. The zero-order chi connectivity index (χ0) is 18.3. The molecule has 0 spiro atoms. The maximum absolute atomic E-state index is 12.2. The summed E-state index contributed by atoms with van der Waals surface area (Å²) in [7, 11) is 0. The van der Waals surface area contributed by atoms with Crippen molar-refractivity contribution in [2.45, 2.75) is 38.1 Å². The highest BCUT2D eigenvalue weighted by Crippen LogP contribution is 2.34. The molecule has 3 aromatic heterocycles. The van der Waals surface area contributed by atoms with Crippen molar-refractivity contribution in [2.75, 3.05) is 18.0 Å². The van der Waals surface area contributed by atoms with Gasteiger partial charge in [-0.2, -0.15) is 5.10 Å². The predicted molar refractivity (Wildman–Crippen MR) is 97.4 cm³/mol. The third kappa shape index (κ3) is 2.55. The Morgan fingerprint density at radius 3 is 2.69 bits per heavy atom. The highest BCUT2D eigenvalue weighted by molar-refractivity contribution is 5.88. The minimum Gasteiger partial charge on any atom is -0.479 e. The summed E-state index contributed by atoms with van der Waals surface area (Å²) in [6.45, 7) is 5.31. The summed E-state index contributed by atoms with van der Waals surface area (Å²) in [5, 5.41) is 15.5. The molecular formula is C19H22N4O3. The number of carboxylic acid groups (broad SMARTS) is 1. The Morgan fingerprint density at radius 1 is 1.27 bits per heavy atom. The molecule has 0 unspecified atom stereocenters. The number of piperidine rings is 1. The van der Waals surface area contributed by atoms with Crippen molar-refractivity contribution in [1.82, 2.24) is 14.8 Å². The van der Waals surface area contributed by atoms with Gasteiger partial charge in [-0.25, -0.2) is 9.78 Å². The molecule has 0 saturated carbocycles. The van der Waals surface area contributed by atoms with Crippen molar-refractivity contribution in [2.24, 2.45) is 0 Å². The number of pyridine rings is 1. The predicted octanol–water partition coefficient (Wildman–Crippen LogP) is 3.23. The Bertz CT molecular complexity index is 935. The number of carboxylic acids is 1. The Labute approximate surface area is 151 Å². The van der Waals surface area contributed by atoms with E-state index in [9.17, 15) is 9.90 Å². The molecule has 1 aliphatic rings. The molecular weight excluding hydrogens is 332 g/mol. The monoisotopic (exact) mass is 354 g/mol. The second-order valence-electron chi connectivity index (χ2n) is 7.13. The molecule has 1 N–H and O–H groups in total. The molecule has 0 atom stereocenters. The summed E-state index contributed by atoms with van der Waals surface area (Å²) in [6, 6.07) is 5.65. The van der Waals surface area contributed by atoms with E-state index in [0.717, 1.165) is 22.5 Å². The van der Waals surface area contributed by atoms with E-state index in [4.69, 9.17) is 4.42 Å². The molecule has 0 aromatic carbocycles. The number of aliphatic carboxylic acids is 1. The van der Waals surface area contributed by atoms with Crippen LogP contribution >= 0.6 is 0 Å². The average molecular weight is 354 g/mol. The van der Waals surface area contributed by atoms with Crippen LogP contribution in [0.5, 0.6) is 0 Å². The molecule has 0 bridgehead atoms. The third-order valence-corrected chi connectivity index (χ3v) is 5.29. The Kier molecular flexibility index (Phi) is 3.94. The molecule has 136 valence electrons. The lowest BCUT2D eigenvalue weighted by atomic mass is 9.87. The molecule has 4 heterocycles. The van der Waals surface area contributed by atoms with Crippen LogP contribution in [-0.4, -0.2) is 38.9 Å². The van der Waals surface area contributed by atoms with Crippen molar-refractivity contribution >= 4 is 22.8 Å². The number of furan rings is 1.